The molecule has 4 nitrogen and oxygen atoms in total. The second-order valence-electron chi connectivity index (χ2n) is 4.51. The van der Waals surface area contributed by atoms with Crippen LogP contribution in [0.3, 0.4) is 0 Å². The van der Waals surface area contributed by atoms with Crippen molar-refractivity contribution in [2.75, 3.05) is 13.2 Å². The van der Waals surface area contributed by atoms with E-state index in [9.17, 15) is 4.79 Å². The van der Waals surface area contributed by atoms with E-state index in [1.54, 1.807) is 29.4 Å². The number of hydrogen-bond donors (Lipinski definition) is 0. The van der Waals surface area contributed by atoms with Crippen LogP contribution < -0.4 is 4.74 Å². The Hall–Kier alpha value is -2.05. The number of carbonyl (C=O) groups is 1. The number of hydrogen-bond acceptors (Lipinski definition) is 5. The fraction of sp³-hybridized carbons (Fsp3) is 0.125. The van der Waals surface area contributed by atoms with Gasteiger partial charge in [-0.05, 0) is 24.3 Å². The fourth-order valence-electron chi connectivity index (χ4n) is 1.97. The lowest BCUT2D eigenvalue weighted by molar-refractivity contribution is -0.122. The van der Waals surface area contributed by atoms with Crippen molar-refractivity contribution >= 4 is 40.3 Å². The van der Waals surface area contributed by atoms with Gasteiger partial charge in [-0.1, -0.05) is 42.2 Å². The van der Waals surface area contributed by atoms with E-state index in [-0.39, 0.29) is 5.91 Å². The van der Waals surface area contributed by atoms with Crippen LogP contribution in [0.5, 0.6) is 5.75 Å². The summed E-state index contributed by atoms with van der Waals surface area (Å²) >= 11 is 6.54. The second kappa shape index (κ2) is 6.81. The molecule has 3 rings (SSSR count). The average Bonchev–Trinajstić information content (AvgIpc) is 3.12. The van der Waals surface area contributed by atoms with Crippen LogP contribution in [0.4, 0.5) is 0 Å². The van der Waals surface area contributed by atoms with Crippen molar-refractivity contribution in [3.05, 3.63) is 59.4 Å². The van der Waals surface area contributed by atoms with E-state index < -0.39 is 0 Å². The number of furan rings is 1. The standard InChI is InChI=1S/C16H13NO3S2/c18-15-14(11-13-7-4-9-19-13)22-16(21)17(15)8-10-20-12-5-2-1-3-6-12/h1-7,9,11H,8,10H2. The molecule has 1 aliphatic rings. The first-order chi connectivity index (χ1) is 10.7. The van der Waals surface area contributed by atoms with E-state index in [2.05, 4.69) is 0 Å². The lowest BCUT2D eigenvalue weighted by Crippen LogP contribution is -2.32. The van der Waals surface area contributed by atoms with E-state index >= 15 is 0 Å². The van der Waals surface area contributed by atoms with E-state index in [0.717, 1.165) is 5.75 Å². The van der Waals surface area contributed by atoms with E-state index in [4.69, 9.17) is 21.4 Å². The lowest BCUT2D eigenvalue weighted by Gasteiger charge is -2.14. The molecule has 1 saturated heterocycles. The summed E-state index contributed by atoms with van der Waals surface area (Å²) in [6.07, 6.45) is 3.28. The van der Waals surface area contributed by atoms with Crippen LogP contribution in [0.25, 0.3) is 6.08 Å². The van der Waals surface area contributed by atoms with Gasteiger partial charge < -0.3 is 9.15 Å². The molecule has 2 aromatic rings. The lowest BCUT2D eigenvalue weighted by atomic mass is 10.3. The molecule has 0 unspecified atom stereocenters. The highest BCUT2D eigenvalue weighted by Crippen LogP contribution is 2.32. The fourth-order valence-corrected chi connectivity index (χ4v) is 3.26. The van der Waals surface area contributed by atoms with Gasteiger partial charge in [-0.2, -0.15) is 0 Å². The Morgan fingerprint density at radius 2 is 2.05 bits per heavy atom. The van der Waals surface area contributed by atoms with Crippen molar-refractivity contribution < 1.29 is 13.9 Å². The first-order valence-corrected chi connectivity index (χ1v) is 7.93. The number of para-hydroxylation sites is 1. The van der Waals surface area contributed by atoms with E-state index in [0.29, 0.717) is 28.1 Å². The summed E-state index contributed by atoms with van der Waals surface area (Å²) < 4.78 is 11.4. The molecule has 0 saturated carbocycles. The molecule has 112 valence electrons. The van der Waals surface area contributed by atoms with Crippen LogP contribution >= 0.6 is 24.0 Å². The van der Waals surface area contributed by atoms with Gasteiger partial charge in [0.25, 0.3) is 5.91 Å². The predicted molar refractivity (Wildman–Crippen MR) is 90.5 cm³/mol. The Bertz CT molecular complexity index is 695. The van der Waals surface area contributed by atoms with Gasteiger partial charge in [-0.15, -0.1) is 0 Å². The van der Waals surface area contributed by atoms with Crippen LogP contribution in [0.1, 0.15) is 5.76 Å². The van der Waals surface area contributed by atoms with Crippen molar-refractivity contribution in [1.82, 2.24) is 4.90 Å². The molecule has 1 aromatic carbocycles. The number of carbonyl (C=O) groups excluding carboxylic acids is 1. The van der Waals surface area contributed by atoms with Gasteiger partial charge in [0.2, 0.25) is 0 Å². The van der Waals surface area contributed by atoms with Crippen LogP contribution in [-0.4, -0.2) is 28.3 Å². The number of benzene rings is 1. The SMILES string of the molecule is O=C1C(=Cc2ccco2)SC(=S)N1CCOc1ccccc1. The van der Waals surface area contributed by atoms with Gasteiger partial charge in [-0.25, -0.2) is 0 Å². The normalized spacial score (nSPS) is 16.5. The number of thioether (sulfide) groups is 1. The maximum atomic E-state index is 12.3. The molecule has 1 amide bonds. The number of ether oxygens (including phenoxy) is 1. The van der Waals surface area contributed by atoms with Crippen LogP contribution in [-0.2, 0) is 4.79 Å². The van der Waals surface area contributed by atoms with Gasteiger partial charge in [-0.3, -0.25) is 9.69 Å². The van der Waals surface area contributed by atoms with E-state index in [1.165, 1.54) is 11.8 Å². The number of thiocarbonyl (C=S) groups is 1. The maximum absolute atomic E-state index is 12.3. The van der Waals surface area contributed by atoms with Crippen molar-refractivity contribution in [3.63, 3.8) is 0 Å². The molecular formula is C16H13NO3S2. The topological polar surface area (TPSA) is 42.7 Å². The molecule has 0 bridgehead atoms. The summed E-state index contributed by atoms with van der Waals surface area (Å²) in [4.78, 5) is 14.5. The Kier molecular flexibility index (Phi) is 4.60. The molecule has 1 aromatic heterocycles. The first kappa shape index (κ1) is 14.9. The van der Waals surface area contributed by atoms with Gasteiger partial charge in [0.1, 0.15) is 22.4 Å². The smallest absolute Gasteiger partial charge is 0.266 e. The minimum atomic E-state index is -0.108. The minimum Gasteiger partial charge on any atom is -0.492 e. The average molecular weight is 331 g/mol. The minimum absolute atomic E-state index is 0.108. The molecule has 6 heteroatoms. The highest BCUT2D eigenvalue weighted by molar-refractivity contribution is 8.26. The highest BCUT2D eigenvalue weighted by Gasteiger charge is 2.31. The Balaban J connectivity index is 1.60. The molecule has 1 fully saturated rings. The quantitative estimate of drug-likeness (QED) is 0.619. The van der Waals surface area contributed by atoms with Crippen molar-refractivity contribution in [2.45, 2.75) is 0 Å². The highest BCUT2D eigenvalue weighted by atomic mass is 32.2. The van der Waals surface area contributed by atoms with Gasteiger partial charge in [0, 0.05) is 6.08 Å². The zero-order chi connectivity index (χ0) is 15.4. The summed E-state index contributed by atoms with van der Waals surface area (Å²) in [5, 5.41) is 0. The molecule has 0 radical (unpaired) electrons. The van der Waals surface area contributed by atoms with Gasteiger partial charge in [0.15, 0.2) is 0 Å². The van der Waals surface area contributed by atoms with E-state index in [1.807, 2.05) is 30.3 Å². The molecule has 1 aliphatic heterocycles. The molecular weight excluding hydrogens is 318 g/mol. The zero-order valence-corrected chi connectivity index (χ0v) is 13.2. The number of rotatable bonds is 5. The van der Waals surface area contributed by atoms with Gasteiger partial charge in [0.05, 0.1) is 17.7 Å². The Morgan fingerprint density at radius 3 is 2.77 bits per heavy atom. The molecule has 22 heavy (non-hydrogen) atoms. The Morgan fingerprint density at radius 1 is 1.23 bits per heavy atom. The summed E-state index contributed by atoms with van der Waals surface area (Å²) in [5.74, 6) is 1.31. The third-order valence-corrected chi connectivity index (χ3v) is 4.39. The largest absolute Gasteiger partial charge is 0.492 e. The van der Waals surface area contributed by atoms with Crippen LogP contribution in [0.2, 0.25) is 0 Å². The molecule has 0 N–H and O–H groups in total. The second-order valence-corrected chi connectivity index (χ2v) is 6.19. The number of amides is 1. The molecule has 2 heterocycles. The molecule has 0 spiro atoms. The number of nitrogens with zero attached hydrogens (tertiary/aromatic N) is 1. The first-order valence-electron chi connectivity index (χ1n) is 6.71. The summed E-state index contributed by atoms with van der Waals surface area (Å²) in [6, 6.07) is 13.1. The van der Waals surface area contributed by atoms with Crippen LogP contribution in [0.15, 0.2) is 58.1 Å². The van der Waals surface area contributed by atoms with Crippen molar-refractivity contribution in [3.8, 4) is 5.75 Å². The van der Waals surface area contributed by atoms with Crippen LogP contribution in [0, 0.1) is 0 Å². The monoisotopic (exact) mass is 331 g/mol. The zero-order valence-electron chi connectivity index (χ0n) is 11.6. The van der Waals surface area contributed by atoms with Gasteiger partial charge >= 0.3 is 0 Å². The summed E-state index contributed by atoms with van der Waals surface area (Å²) in [7, 11) is 0. The van der Waals surface area contributed by atoms with Crippen molar-refractivity contribution in [2.24, 2.45) is 0 Å². The maximum Gasteiger partial charge on any atom is 0.266 e. The third kappa shape index (κ3) is 3.40. The predicted octanol–water partition coefficient (Wildman–Crippen LogP) is 3.56. The molecule has 0 aliphatic carbocycles. The third-order valence-electron chi connectivity index (χ3n) is 3.02. The summed E-state index contributed by atoms with van der Waals surface area (Å²) in [6.45, 7) is 0.819. The van der Waals surface area contributed by atoms with Crippen molar-refractivity contribution in [1.29, 1.82) is 0 Å². The summed E-state index contributed by atoms with van der Waals surface area (Å²) in [5.41, 5.74) is 0. The molecule has 0 atom stereocenters. The Labute approximate surface area is 137 Å².